The summed E-state index contributed by atoms with van der Waals surface area (Å²) >= 11 is 0. The summed E-state index contributed by atoms with van der Waals surface area (Å²) in [5, 5.41) is 22.7. The molecule has 0 aliphatic carbocycles. The number of allylic oxidation sites excluding steroid dienone is 23. The van der Waals surface area contributed by atoms with Crippen molar-refractivity contribution in [2.75, 3.05) is 6.61 Å². The maximum atomic E-state index is 12.3. The minimum Gasteiger partial charge on any atom is -0.394 e. The Bertz CT molecular complexity index is 1200. The zero-order valence-corrected chi connectivity index (χ0v) is 34.2. The Balaban J connectivity index is 3.73. The van der Waals surface area contributed by atoms with Crippen LogP contribution in [0, 0.1) is 0 Å². The van der Waals surface area contributed by atoms with Gasteiger partial charge < -0.3 is 15.5 Å². The molecule has 54 heavy (non-hydrogen) atoms. The van der Waals surface area contributed by atoms with Crippen molar-refractivity contribution in [3.05, 3.63) is 146 Å². The van der Waals surface area contributed by atoms with Gasteiger partial charge in [-0.05, 0) is 103 Å². The molecule has 0 aromatic heterocycles. The van der Waals surface area contributed by atoms with E-state index in [1.165, 1.54) is 0 Å². The summed E-state index contributed by atoms with van der Waals surface area (Å²) in [4.78, 5) is 12.3. The van der Waals surface area contributed by atoms with E-state index in [-0.39, 0.29) is 12.5 Å². The van der Waals surface area contributed by atoms with Crippen molar-refractivity contribution in [2.45, 2.75) is 154 Å². The number of amides is 1. The van der Waals surface area contributed by atoms with Gasteiger partial charge in [0, 0.05) is 6.42 Å². The quantitative estimate of drug-likeness (QED) is 0.0448. The number of rotatable bonds is 35. The highest BCUT2D eigenvalue weighted by Crippen LogP contribution is 2.08. The highest BCUT2D eigenvalue weighted by molar-refractivity contribution is 5.76. The largest absolute Gasteiger partial charge is 0.394 e. The minimum atomic E-state index is -0.880. The number of nitrogens with one attached hydrogen (secondary N) is 1. The molecule has 0 saturated heterocycles. The molecule has 0 rings (SSSR count). The van der Waals surface area contributed by atoms with Crippen LogP contribution >= 0.6 is 0 Å². The third-order valence-electron chi connectivity index (χ3n) is 8.29. The molecule has 0 aromatic carbocycles. The zero-order chi connectivity index (χ0) is 39.3. The number of hydrogen-bond acceptors (Lipinski definition) is 3. The summed E-state index contributed by atoms with van der Waals surface area (Å²) in [5.41, 5.74) is 0. The molecule has 0 spiro atoms. The topological polar surface area (TPSA) is 69.6 Å². The van der Waals surface area contributed by atoms with Gasteiger partial charge in [-0.3, -0.25) is 4.79 Å². The molecule has 4 nitrogen and oxygen atoms in total. The third kappa shape index (κ3) is 39.5. The summed E-state index contributed by atoms with van der Waals surface area (Å²) < 4.78 is 0. The van der Waals surface area contributed by atoms with Crippen molar-refractivity contribution < 1.29 is 15.0 Å². The fraction of sp³-hybridized carbons (Fsp3) is 0.500. The standard InChI is InChI=1S/C50H77NO3/c1-3-5-7-9-11-12-13-14-15-16-17-18-19-20-21-22-23-24-25-26-27-28-29-30-31-32-33-34-35-36-37-38-40-42-44-46-50(54)51-48(47-52)49(53)45-43-41-39-10-8-6-4-2/h5,7-8,10-12,14-15,17-18,20-21,23-24,26-27,29-30,32-33,35-36,43,45,48-49,52-53H,3-4,6,9,13,16,19,22,25,28,31,34,37-42,44,46-47H2,1-2H3,(H,51,54)/b7-5-,10-8+,12-11-,15-14-,18-17-,21-20-,24-23-,27-26-,30-29-,33-32-,36-35-,45-43+. The van der Waals surface area contributed by atoms with Crippen LogP contribution in [0.5, 0.6) is 0 Å². The zero-order valence-electron chi connectivity index (χ0n) is 34.2. The monoisotopic (exact) mass is 740 g/mol. The second-order valence-electron chi connectivity index (χ2n) is 13.3. The van der Waals surface area contributed by atoms with Crippen LogP contribution in [-0.2, 0) is 4.79 Å². The Kier molecular flexibility index (Phi) is 40.7. The Hall–Kier alpha value is -3.73. The molecule has 3 N–H and O–H groups in total. The van der Waals surface area contributed by atoms with Gasteiger partial charge in [0.1, 0.15) is 0 Å². The second kappa shape index (κ2) is 43.7. The number of aliphatic hydroxyl groups is 2. The normalized spacial score (nSPS) is 14.5. The van der Waals surface area contributed by atoms with Crippen molar-refractivity contribution in [3.8, 4) is 0 Å². The Labute approximate surface area is 332 Å². The Morgan fingerprint density at radius 2 is 0.833 bits per heavy atom. The van der Waals surface area contributed by atoms with E-state index in [4.69, 9.17) is 0 Å². The third-order valence-corrected chi connectivity index (χ3v) is 8.29. The lowest BCUT2D eigenvalue weighted by atomic mass is 10.1. The van der Waals surface area contributed by atoms with Crippen LogP contribution in [0.4, 0.5) is 0 Å². The molecule has 4 heteroatoms. The van der Waals surface area contributed by atoms with E-state index in [0.29, 0.717) is 6.42 Å². The number of carbonyl (C=O) groups is 1. The fourth-order valence-electron chi connectivity index (χ4n) is 5.11. The van der Waals surface area contributed by atoms with E-state index in [9.17, 15) is 15.0 Å². The van der Waals surface area contributed by atoms with E-state index < -0.39 is 12.1 Å². The number of unbranched alkanes of at least 4 members (excludes halogenated alkanes) is 6. The number of carbonyl (C=O) groups excluding carboxylic acids is 1. The fourth-order valence-corrected chi connectivity index (χ4v) is 5.11. The number of hydrogen-bond donors (Lipinski definition) is 3. The summed E-state index contributed by atoms with van der Waals surface area (Å²) in [6.45, 7) is 4.03. The van der Waals surface area contributed by atoms with Gasteiger partial charge in [0.15, 0.2) is 0 Å². The first kappa shape index (κ1) is 50.3. The summed E-state index contributed by atoms with van der Waals surface area (Å²) in [7, 11) is 0. The van der Waals surface area contributed by atoms with Gasteiger partial charge in [0.25, 0.3) is 0 Å². The molecule has 0 fully saturated rings. The predicted octanol–water partition coefficient (Wildman–Crippen LogP) is 13.3. The molecular weight excluding hydrogens is 663 g/mol. The molecule has 0 bridgehead atoms. The highest BCUT2D eigenvalue weighted by atomic mass is 16.3. The van der Waals surface area contributed by atoms with Crippen molar-refractivity contribution in [3.63, 3.8) is 0 Å². The predicted molar refractivity (Wildman–Crippen MR) is 238 cm³/mol. The Morgan fingerprint density at radius 3 is 1.26 bits per heavy atom. The van der Waals surface area contributed by atoms with Gasteiger partial charge in [0.2, 0.25) is 5.91 Å². The maximum absolute atomic E-state index is 12.3. The molecule has 0 aliphatic rings. The molecule has 300 valence electrons. The van der Waals surface area contributed by atoms with Crippen molar-refractivity contribution in [1.29, 1.82) is 0 Å². The van der Waals surface area contributed by atoms with E-state index in [2.05, 4.69) is 153 Å². The molecule has 1 amide bonds. The van der Waals surface area contributed by atoms with Gasteiger partial charge in [0.05, 0.1) is 18.8 Å². The second-order valence-corrected chi connectivity index (χ2v) is 13.3. The van der Waals surface area contributed by atoms with Crippen LogP contribution in [0.1, 0.15) is 142 Å². The Morgan fingerprint density at radius 1 is 0.463 bits per heavy atom. The molecule has 0 aliphatic heterocycles. The first-order valence-corrected chi connectivity index (χ1v) is 21.0. The summed E-state index contributed by atoms with van der Waals surface area (Å²) in [6.07, 6.45) is 71.1. The van der Waals surface area contributed by atoms with Crippen LogP contribution in [-0.4, -0.2) is 34.9 Å². The average Bonchev–Trinajstić information content (AvgIpc) is 3.18. The van der Waals surface area contributed by atoms with Gasteiger partial charge in [-0.2, -0.15) is 0 Å². The first-order valence-electron chi connectivity index (χ1n) is 21.0. The minimum absolute atomic E-state index is 0.112. The van der Waals surface area contributed by atoms with Crippen LogP contribution < -0.4 is 5.32 Å². The van der Waals surface area contributed by atoms with E-state index >= 15 is 0 Å². The molecule has 0 aromatic rings. The van der Waals surface area contributed by atoms with E-state index in [0.717, 1.165) is 122 Å². The SMILES string of the molecule is CC/C=C\C/C=C\C/C=C\C/C=C\C/C=C\C/C=C\C/C=C\C/C=C\C/C=C\C/C=C\CCCCCCC(=O)NC(CO)C(O)/C=C/CC/C=C/CCC. The van der Waals surface area contributed by atoms with Crippen molar-refractivity contribution in [1.82, 2.24) is 5.32 Å². The lowest BCUT2D eigenvalue weighted by molar-refractivity contribution is -0.123. The average molecular weight is 740 g/mol. The number of aliphatic hydroxyl groups excluding tert-OH is 2. The maximum Gasteiger partial charge on any atom is 0.220 e. The molecular formula is C50H77NO3. The van der Waals surface area contributed by atoms with Crippen LogP contribution in [0.15, 0.2) is 146 Å². The van der Waals surface area contributed by atoms with E-state index in [1.807, 2.05) is 6.08 Å². The highest BCUT2D eigenvalue weighted by Gasteiger charge is 2.17. The van der Waals surface area contributed by atoms with Gasteiger partial charge in [-0.15, -0.1) is 0 Å². The van der Waals surface area contributed by atoms with Crippen LogP contribution in [0.3, 0.4) is 0 Å². The summed E-state index contributed by atoms with van der Waals surface area (Å²) in [5.74, 6) is -0.112. The smallest absolute Gasteiger partial charge is 0.220 e. The molecule has 0 heterocycles. The molecule has 0 saturated carbocycles. The molecule has 2 unspecified atom stereocenters. The lowest BCUT2D eigenvalue weighted by Gasteiger charge is -2.19. The van der Waals surface area contributed by atoms with Gasteiger partial charge in [-0.25, -0.2) is 0 Å². The van der Waals surface area contributed by atoms with Crippen molar-refractivity contribution >= 4 is 5.91 Å². The van der Waals surface area contributed by atoms with Gasteiger partial charge in [-0.1, -0.05) is 179 Å². The summed E-state index contributed by atoms with van der Waals surface area (Å²) in [6, 6.07) is -0.660. The van der Waals surface area contributed by atoms with E-state index in [1.54, 1.807) is 6.08 Å². The lowest BCUT2D eigenvalue weighted by Crippen LogP contribution is -2.45. The van der Waals surface area contributed by atoms with Crippen LogP contribution in [0.2, 0.25) is 0 Å². The first-order chi connectivity index (χ1) is 26.7. The van der Waals surface area contributed by atoms with Crippen molar-refractivity contribution in [2.24, 2.45) is 0 Å². The van der Waals surface area contributed by atoms with Gasteiger partial charge >= 0.3 is 0 Å². The van der Waals surface area contributed by atoms with Crippen LogP contribution in [0.25, 0.3) is 0 Å². The molecule has 2 atom stereocenters. The molecule has 0 radical (unpaired) electrons.